The van der Waals surface area contributed by atoms with Gasteiger partial charge in [0, 0.05) is 16.1 Å². The van der Waals surface area contributed by atoms with Gasteiger partial charge in [-0.15, -0.1) is 0 Å². The molecule has 0 saturated heterocycles. The third-order valence-electron chi connectivity index (χ3n) is 4.80. The van der Waals surface area contributed by atoms with Crippen LogP contribution in [-0.4, -0.2) is 23.8 Å². The highest BCUT2D eigenvalue weighted by atomic mass is 127. The van der Waals surface area contributed by atoms with Crippen LogP contribution in [-0.2, 0) is 15.1 Å². The summed E-state index contributed by atoms with van der Waals surface area (Å²) in [7, 11) is 0. The van der Waals surface area contributed by atoms with Crippen molar-refractivity contribution in [2.75, 3.05) is 6.61 Å². The van der Waals surface area contributed by atoms with Crippen LogP contribution < -0.4 is 0 Å². The van der Waals surface area contributed by atoms with Crippen molar-refractivity contribution < 1.29 is 14.7 Å². The Balaban J connectivity index is 2.16. The van der Waals surface area contributed by atoms with Crippen molar-refractivity contribution in [3.8, 4) is 0 Å². The van der Waals surface area contributed by atoms with Gasteiger partial charge in [-0.2, -0.15) is 0 Å². The van der Waals surface area contributed by atoms with E-state index in [0.29, 0.717) is 0 Å². The minimum absolute atomic E-state index is 0.155. The Hall–Kier alpha value is -2.64. The lowest BCUT2D eigenvalue weighted by atomic mass is 9.80. The van der Waals surface area contributed by atoms with Gasteiger partial charge in [-0.05, 0) is 45.9 Å². The van der Waals surface area contributed by atoms with Crippen molar-refractivity contribution in [2.24, 2.45) is 5.16 Å². The maximum atomic E-state index is 8.96. The maximum Gasteiger partial charge on any atom is 0.222 e. The van der Waals surface area contributed by atoms with Gasteiger partial charge in [0.25, 0.3) is 0 Å². The van der Waals surface area contributed by atoms with Crippen LogP contribution in [0.4, 0.5) is 0 Å². The Morgan fingerprint density at radius 3 is 2.03 bits per heavy atom. The van der Waals surface area contributed by atoms with Crippen molar-refractivity contribution in [1.82, 2.24) is 0 Å². The van der Waals surface area contributed by atoms with E-state index in [1.807, 2.05) is 48.5 Å². The van der Waals surface area contributed by atoms with Gasteiger partial charge in [-0.1, -0.05) is 90.6 Å². The Kier molecular flexibility index (Phi) is 7.65. The molecule has 3 rings (SSSR count). The van der Waals surface area contributed by atoms with E-state index in [9.17, 15) is 0 Å². The van der Waals surface area contributed by atoms with E-state index in [0.717, 1.165) is 20.3 Å². The van der Waals surface area contributed by atoms with E-state index in [1.54, 1.807) is 13.0 Å². The number of hydrogen-bond donors (Lipinski definition) is 1. The summed E-state index contributed by atoms with van der Waals surface area (Å²) in [6.07, 6.45) is 1.17. The summed E-state index contributed by atoms with van der Waals surface area (Å²) < 4.78 is 13.5. The van der Waals surface area contributed by atoms with Crippen molar-refractivity contribution in [1.29, 1.82) is 0 Å². The van der Waals surface area contributed by atoms with E-state index in [1.165, 1.54) is 0 Å². The van der Waals surface area contributed by atoms with Crippen molar-refractivity contribution in [3.05, 3.63) is 118 Å². The second-order valence-corrected chi connectivity index (χ2v) is 7.88. The van der Waals surface area contributed by atoms with Crippen LogP contribution in [0, 0.1) is 3.57 Å². The number of hydrogen-bond acceptors (Lipinski definition) is 4. The highest BCUT2D eigenvalue weighted by Crippen LogP contribution is 2.42. The number of nitrogens with zero attached hydrogens (tertiary/aromatic N) is 1. The first-order valence-electron chi connectivity index (χ1n) is 9.59. The summed E-state index contributed by atoms with van der Waals surface area (Å²) in [6, 6.07) is 28.5. The molecule has 0 fully saturated rings. The Bertz CT molecular complexity index is 950. The topological polar surface area (TPSA) is 51.0 Å². The summed E-state index contributed by atoms with van der Waals surface area (Å²) in [5.74, 6) is 0.155. The predicted molar refractivity (Wildman–Crippen MR) is 128 cm³/mol. The molecule has 0 aliphatic carbocycles. The number of ether oxygens (including phenoxy) is 2. The minimum atomic E-state index is -0.852. The molecule has 0 radical (unpaired) electrons. The molecule has 1 N–H and O–H groups in total. The number of rotatable bonds is 8. The van der Waals surface area contributed by atoms with Gasteiger partial charge in [-0.25, -0.2) is 0 Å². The van der Waals surface area contributed by atoms with Crippen LogP contribution in [0.2, 0.25) is 0 Å². The molecule has 0 aliphatic rings. The lowest BCUT2D eigenvalue weighted by molar-refractivity contribution is -0.0228. The molecular formula is C25H24INO3. The summed E-state index contributed by atoms with van der Waals surface area (Å²) in [4.78, 5) is 0. The standard InChI is InChI=1S/C25H24INO3/c1-3-22(30-19(2)27-28)18-29-25(20-12-6-4-7-13-20,21-14-8-5-9-15-21)23-16-10-11-17-24(23)26/h3-17,22,28H,1,18H2,2H3/t22-/m0/s1. The van der Waals surface area contributed by atoms with E-state index >= 15 is 0 Å². The normalized spacial score (nSPS) is 12.9. The molecular weight excluding hydrogens is 489 g/mol. The average molecular weight is 513 g/mol. The highest BCUT2D eigenvalue weighted by molar-refractivity contribution is 14.1. The van der Waals surface area contributed by atoms with Gasteiger partial charge in [0.1, 0.15) is 11.7 Å². The van der Waals surface area contributed by atoms with E-state index < -0.39 is 11.7 Å². The third-order valence-corrected chi connectivity index (χ3v) is 5.74. The molecule has 3 aromatic carbocycles. The van der Waals surface area contributed by atoms with Crippen molar-refractivity contribution in [3.63, 3.8) is 0 Å². The third kappa shape index (κ3) is 4.74. The fraction of sp³-hybridized carbons (Fsp3) is 0.160. The lowest BCUT2D eigenvalue weighted by Gasteiger charge is -2.37. The molecule has 0 aliphatic heterocycles. The number of halogens is 1. The first kappa shape index (κ1) is 22.1. The molecule has 3 aromatic rings. The Morgan fingerprint density at radius 2 is 1.53 bits per heavy atom. The molecule has 0 unspecified atom stereocenters. The molecule has 1 atom stereocenters. The van der Waals surface area contributed by atoms with Gasteiger partial charge in [-0.3, -0.25) is 0 Å². The van der Waals surface area contributed by atoms with Crippen molar-refractivity contribution in [2.45, 2.75) is 18.6 Å². The molecule has 4 nitrogen and oxygen atoms in total. The second-order valence-electron chi connectivity index (χ2n) is 6.72. The smallest absolute Gasteiger partial charge is 0.222 e. The Morgan fingerprint density at radius 1 is 1.00 bits per heavy atom. The number of oxime groups is 1. The van der Waals surface area contributed by atoms with Crippen LogP contribution in [0.1, 0.15) is 23.6 Å². The molecule has 0 aromatic heterocycles. The van der Waals surface area contributed by atoms with Gasteiger partial charge in [0.2, 0.25) is 5.90 Å². The zero-order valence-electron chi connectivity index (χ0n) is 16.7. The molecule has 0 amide bonds. The second kappa shape index (κ2) is 10.4. The summed E-state index contributed by atoms with van der Waals surface area (Å²) in [6.45, 7) is 5.64. The predicted octanol–water partition coefficient (Wildman–Crippen LogP) is 5.98. The molecule has 0 heterocycles. The maximum absolute atomic E-state index is 8.96. The van der Waals surface area contributed by atoms with Crippen LogP contribution in [0.15, 0.2) is 103 Å². The quantitative estimate of drug-likeness (QED) is 0.0768. The van der Waals surface area contributed by atoms with Crippen LogP contribution in [0.3, 0.4) is 0 Å². The first-order valence-corrected chi connectivity index (χ1v) is 10.7. The van der Waals surface area contributed by atoms with E-state index in [4.69, 9.17) is 14.7 Å². The first-order chi connectivity index (χ1) is 14.6. The molecule has 0 spiro atoms. The zero-order chi connectivity index (χ0) is 21.4. The molecule has 0 bridgehead atoms. The summed E-state index contributed by atoms with van der Waals surface area (Å²) >= 11 is 2.35. The minimum Gasteiger partial charge on any atom is -0.469 e. The van der Waals surface area contributed by atoms with E-state index in [2.05, 4.69) is 70.7 Å². The van der Waals surface area contributed by atoms with Gasteiger partial charge >= 0.3 is 0 Å². The van der Waals surface area contributed by atoms with Gasteiger partial charge < -0.3 is 14.7 Å². The fourth-order valence-corrected chi connectivity index (χ4v) is 4.18. The lowest BCUT2D eigenvalue weighted by Crippen LogP contribution is -2.37. The van der Waals surface area contributed by atoms with Crippen molar-refractivity contribution >= 4 is 28.5 Å². The number of benzene rings is 3. The Labute approximate surface area is 191 Å². The van der Waals surface area contributed by atoms with Crippen LogP contribution in [0.25, 0.3) is 0 Å². The zero-order valence-corrected chi connectivity index (χ0v) is 18.9. The molecule has 154 valence electrons. The molecule has 0 saturated carbocycles. The SMILES string of the molecule is C=C[C@@H](COC(c1ccccc1)(c1ccccc1)c1ccccc1I)OC(C)=NO. The highest BCUT2D eigenvalue weighted by Gasteiger charge is 2.39. The summed E-state index contributed by atoms with van der Waals surface area (Å²) in [5, 5.41) is 12.1. The van der Waals surface area contributed by atoms with Crippen LogP contribution in [0.5, 0.6) is 0 Å². The van der Waals surface area contributed by atoms with Crippen LogP contribution >= 0.6 is 22.6 Å². The summed E-state index contributed by atoms with van der Waals surface area (Å²) in [5.41, 5.74) is 2.21. The monoisotopic (exact) mass is 513 g/mol. The molecule has 5 heteroatoms. The average Bonchev–Trinajstić information content (AvgIpc) is 2.80. The molecule has 30 heavy (non-hydrogen) atoms. The largest absolute Gasteiger partial charge is 0.469 e. The van der Waals surface area contributed by atoms with E-state index in [-0.39, 0.29) is 12.5 Å². The van der Waals surface area contributed by atoms with Gasteiger partial charge in [0.15, 0.2) is 0 Å². The fourth-order valence-electron chi connectivity index (χ4n) is 3.41. The van der Waals surface area contributed by atoms with Gasteiger partial charge in [0.05, 0.1) is 6.61 Å².